The van der Waals surface area contributed by atoms with Gasteiger partial charge in [0.15, 0.2) is 5.78 Å². The lowest BCUT2D eigenvalue weighted by Gasteiger charge is -2.18. The van der Waals surface area contributed by atoms with Gasteiger partial charge in [0.25, 0.3) is 5.69 Å². The summed E-state index contributed by atoms with van der Waals surface area (Å²) in [5.74, 6) is -1.40. The summed E-state index contributed by atoms with van der Waals surface area (Å²) in [6, 6.07) is 24.6. The van der Waals surface area contributed by atoms with Crippen molar-refractivity contribution in [1.29, 1.82) is 0 Å². The van der Waals surface area contributed by atoms with Crippen molar-refractivity contribution in [1.82, 2.24) is 5.32 Å². The third-order valence-corrected chi connectivity index (χ3v) is 7.24. The first-order chi connectivity index (χ1) is 19.7. The first-order valence-corrected chi connectivity index (χ1v) is 13.1. The Balaban J connectivity index is 1.27. The van der Waals surface area contributed by atoms with Crippen LogP contribution in [0.4, 0.5) is 16.2 Å². The van der Waals surface area contributed by atoms with Crippen molar-refractivity contribution in [3.8, 4) is 11.1 Å². The third-order valence-electron chi connectivity index (χ3n) is 6.91. The molecule has 4 aromatic rings. The minimum atomic E-state index is -1.05. The molecule has 0 bridgehead atoms. The van der Waals surface area contributed by atoms with Gasteiger partial charge in [-0.3, -0.25) is 19.7 Å². The maximum atomic E-state index is 13.2. The van der Waals surface area contributed by atoms with Crippen LogP contribution in [-0.4, -0.2) is 35.4 Å². The van der Waals surface area contributed by atoms with E-state index in [0.29, 0.717) is 0 Å². The van der Waals surface area contributed by atoms with Crippen molar-refractivity contribution in [2.75, 3.05) is 11.9 Å². The van der Waals surface area contributed by atoms with Crippen LogP contribution in [0.3, 0.4) is 0 Å². The average molecular weight is 570 g/mol. The van der Waals surface area contributed by atoms with E-state index in [9.17, 15) is 24.5 Å². The lowest BCUT2D eigenvalue weighted by atomic mass is 9.98. The summed E-state index contributed by atoms with van der Waals surface area (Å²) < 4.78 is 5.51. The number of ether oxygens (including phenoxy) is 1. The van der Waals surface area contributed by atoms with Gasteiger partial charge in [0.1, 0.15) is 12.6 Å². The van der Waals surface area contributed by atoms with Crippen LogP contribution in [0.25, 0.3) is 11.1 Å². The molecular weight excluding hydrogens is 546 g/mol. The van der Waals surface area contributed by atoms with Gasteiger partial charge in [0, 0.05) is 23.6 Å². The Kier molecular flexibility index (Phi) is 7.80. The number of alkyl carbamates (subject to hydrolysis) is 1. The fraction of sp³-hybridized carbons (Fsp3) is 0.129. The van der Waals surface area contributed by atoms with Crippen LogP contribution in [0.2, 0.25) is 5.02 Å². The van der Waals surface area contributed by atoms with Gasteiger partial charge in [-0.05, 0) is 47.4 Å². The molecule has 0 unspecified atom stereocenters. The standard InChI is InChI=1S/C31H24ClN3O6/c1-18(33-31(38)41-17-26-22-10-4-2-8-20(22)21-9-3-5-11-23(21)26)30(37)34-28-15-14-19(35(39)40)16-25(28)29(36)24-12-6-7-13-27(24)32/h2-16,18,26H,17H2,1H3,(H,33,38)(H,34,37)/t18-/m0/s1. The van der Waals surface area contributed by atoms with E-state index in [4.69, 9.17) is 16.3 Å². The minimum Gasteiger partial charge on any atom is -0.449 e. The number of amides is 2. The number of nitro groups is 1. The Morgan fingerprint density at radius 1 is 0.902 bits per heavy atom. The monoisotopic (exact) mass is 569 g/mol. The molecule has 0 aromatic heterocycles. The maximum Gasteiger partial charge on any atom is 0.407 e. The molecule has 1 aliphatic rings. The van der Waals surface area contributed by atoms with Crippen LogP contribution in [0.5, 0.6) is 0 Å². The minimum absolute atomic E-state index is 0.0340. The number of non-ortho nitro benzene ring substituents is 1. The summed E-state index contributed by atoms with van der Waals surface area (Å²) in [5.41, 5.74) is 4.01. The summed E-state index contributed by atoms with van der Waals surface area (Å²) in [5, 5.41) is 16.6. The highest BCUT2D eigenvalue weighted by molar-refractivity contribution is 6.35. The van der Waals surface area contributed by atoms with Gasteiger partial charge in [-0.25, -0.2) is 4.79 Å². The van der Waals surface area contributed by atoms with Crippen LogP contribution in [0, 0.1) is 10.1 Å². The molecule has 9 nitrogen and oxygen atoms in total. The number of benzene rings is 4. The van der Waals surface area contributed by atoms with Gasteiger partial charge in [0.05, 0.1) is 21.2 Å². The number of hydrogen-bond donors (Lipinski definition) is 2. The fourth-order valence-electron chi connectivity index (χ4n) is 4.86. The molecule has 10 heteroatoms. The summed E-state index contributed by atoms with van der Waals surface area (Å²) in [6.07, 6.45) is -0.787. The summed E-state index contributed by atoms with van der Waals surface area (Å²) in [6.45, 7) is 1.53. The molecule has 2 N–H and O–H groups in total. The molecule has 0 saturated carbocycles. The van der Waals surface area contributed by atoms with E-state index in [1.54, 1.807) is 12.1 Å². The number of rotatable bonds is 8. The van der Waals surface area contributed by atoms with E-state index in [1.807, 2.05) is 48.5 Å². The third kappa shape index (κ3) is 5.66. The van der Waals surface area contributed by atoms with Gasteiger partial charge >= 0.3 is 6.09 Å². The molecule has 0 radical (unpaired) electrons. The first kappa shape index (κ1) is 27.5. The van der Waals surface area contributed by atoms with Crippen molar-refractivity contribution in [3.05, 3.63) is 128 Å². The predicted molar refractivity (Wildman–Crippen MR) is 154 cm³/mol. The van der Waals surface area contributed by atoms with Crippen molar-refractivity contribution < 1.29 is 24.0 Å². The van der Waals surface area contributed by atoms with Crippen LogP contribution >= 0.6 is 11.6 Å². The van der Waals surface area contributed by atoms with E-state index in [1.165, 1.54) is 31.2 Å². The van der Waals surface area contributed by atoms with Gasteiger partial charge in [-0.1, -0.05) is 72.3 Å². The quantitative estimate of drug-likeness (QED) is 0.145. The molecule has 0 saturated heterocycles. The number of nitro benzene ring substituents is 1. The second kappa shape index (κ2) is 11.6. The predicted octanol–water partition coefficient (Wildman–Crippen LogP) is 6.34. The second-order valence-electron chi connectivity index (χ2n) is 9.48. The van der Waals surface area contributed by atoms with E-state index < -0.39 is 28.7 Å². The molecule has 0 spiro atoms. The zero-order valence-corrected chi connectivity index (χ0v) is 22.6. The Hall–Kier alpha value is -5.02. The number of anilines is 1. The molecule has 206 valence electrons. The fourth-order valence-corrected chi connectivity index (χ4v) is 5.08. The van der Waals surface area contributed by atoms with E-state index in [-0.39, 0.29) is 40.0 Å². The second-order valence-corrected chi connectivity index (χ2v) is 9.88. The van der Waals surface area contributed by atoms with Crippen molar-refractivity contribution in [2.45, 2.75) is 18.9 Å². The van der Waals surface area contributed by atoms with Crippen molar-refractivity contribution in [2.24, 2.45) is 0 Å². The topological polar surface area (TPSA) is 128 Å². The Bertz CT molecular complexity index is 1640. The zero-order valence-electron chi connectivity index (χ0n) is 21.8. The normalized spacial score (nSPS) is 12.5. The molecular formula is C31H24ClN3O6. The molecule has 2 amide bonds. The largest absolute Gasteiger partial charge is 0.449 e. The highest BCUT2D eigenvalue weighted by atomic mass is 35.5. The Labute approximate surface area is 240 Å². The van der Waals surface area contributed by atoms with Crippen LogP contribution in [-0.2, 0) is 9.53 Å². The number of ketones is 1. The van der Waals surface area contributed by atoms with Crippen LogP contribution < -0.4 is 10.6 Å². The molecule has 1 atom stereocenters. The van der Waals surface area contributed by atoms with Gasteiger partial charge in [-0.2, -0.15) is 0 Å². The Morgan fingerprint density at radius 3 is 2.15 bits per heavy atom. The van der Waals surface area contributed by atoms with Gasteiger partial charge in [0.2, 0.25) is 5.91 Å². The molecule has 4 aromatic carbocycles. The van der Waals surface area contributed by atoms with Crippen molar-refractivity contribution in [3.63, 3.8) is 0 Å². The maximum absolute atomic E-state index is 13.2. The number of halogens is 1. The molecule has 41 heavy (non-hydrogen) atoms. The van der Waals surface area contributed by atoms with Crippen molar-refractivity contribution >= 4 is 40.8 Å². The molecule has 0 fully saturated rings. The van der Waals surface area contributed by atoms with Crippen LogP contribution in [0.15, 0.2) is 91.0 Å². The van der Waals surface area contributed by atoms with Gasteiger partial charge < -0.3 is 15.4 Å². The van der Waals surface area contributed by atoms with Crippen LogP contribution in [0.1, 0.15) is 39.9 Å². The molecule has 0 heterocycles. The Morgan fingerprint density at radius 2 is 1.51 bits per heavy atom. The lowest BCUT2D eigenvalue weighted by Crippen LogP contribution is -2.42. The number of fused-ring (bicyclic) bond motifs is 3. The summed E-state index contributed by atoms with van der Waals surface area (Å²) in [4.78, 5) is 49.6. The number of carbonyl (C=O) groups excluding carboxylic acids is 3. The molecule has 0 aliphatic heterocycles. The molecule has 5 rings (SSSR count). The van der Waals surface area contributed by atoms with Gasteiger partial charge in [-0.15, -0.1) is 0 Å². The zero-order chi connectivity index (χ0) is 29.1. The lowest BCUT2D eigenvalue weighted by molar-refractivity contribution is -0.384. The van der Waals surface area contributed by atoms with E-state index >= 15 is 0 Å². The summed E-state index contributed by atoms with van der Waals surface area (Å²) in [7, 11) is 0. The molecule has 1 aliphatic carbocycles. The highest BCUT2D eigenvalue weighted by Crippen LogP contribution is 2.44. The number of nitrogens with one attached hydrogen (secondary N) is 2. The smallest absolute Gasteiger partial charge is 0.407 e. The number of carbonyl (C=O) groups is 3. The first-order valence-electron chi connectivity index (χ1n) is 12.7. The number of nitrogens with zero attached hydrogens (tertiary/aromatic N) is 1. The SMILES string of the molecule is C[C@H](NC(=O)OCC1c2ccccc2-c2ccccc21)C(=O)Nc1ccc([N+](=O)[O-])cc1C(=O)c1ccccc1Cl. The number of hydrogen-bond acceptors (Lipinski definition) is 6. The van der Waals surface area contributed by atoms with E-state index in [0.717, 1.165) is 28.3 Å². The van der Waals surface area contributed by atoms with E-state index in [2.05, 4.69) is 10.6 Å². The highest BCUT2D eigenvalue weighted by Gasteiger charge is 2.29. The average Bonchev–Trinajstić information content (AvgIpc) is 3.29. The summed E-state index contributed by atoms with van der Waals surface area (Å²) >= 11 is 6.17.